The molecule has 0 aromatic heterocycles. The summed E-state index contributed by atoms with van der Waals surface area (Å²) in [6.07, 6.45) is 3.18. The van der Waals surface area contributed by atoms with Crippen molar-refractivity contribution in [2.75, 3.05) is 18.1 Å². The molecule has 108 valence electrons. The number of carboxylic acids is 1. The number of hydrogen-bond acceptors (Lipinski definition) is 4. The lowest BCUT2D eigenvalue weighted by atomic mass is 9.66. The van der Waals surface area contributed by atoms with E-state index in [1.54, 1.807) is 0 Å². The second-order valence-corrected chi connectivity index (χ2v) is 6.07. The molecule has 0 aromatic carbocycles. The fourth-order valence-corrected chi connectivity index (χ4v) is 2.80. The van der Waals surface area contributed by atoms with Crippen molar-refractivity contribution in [3.05, 3.63) is 0 Å². The zero-order chi connectivity index (χ0) is 14.3. The minimum Gasteiger partial charge on any atom is -0.481 e. The fourth-order valence-electron chi connectivity index (χ4n) is 2.13. The van der Waals surface area contributed by atoms with Crippen LogP contribution in [0.1, 0.15) is 32.1 Å². The highest BCUT2D eigenvalue weighted by atomic mass is 32.2. The lowest BCUT2D eigenvalue weighted by molar-refractivity contribution is -0.141. The van der Waals surface area contributed by atoms with Gasteiger partial charge in [-0.1, -0.05) is 6.42 Å². The molecule has 0 spiro atoms. The van der Waals surface area contributed by atoms with Gasteiger partial charge < -0.3 is 16.2 Å². The number of carboxylic acid groups (broad SMARTS) is 1. The van der Waals surface area contributed by atoms with E-state index in [4.69, 9.17) is 10.8 Å². The molecule has 1 aliphatic rings. The quantitative estimate of drug-likeness (QED) is 0.531. The van der Waals surface area contributed by atoms with Crippen LogP contribution in [0.2, 0.25) is 0 Å². The monoisotopic (exact) mass is 288 g/mol. The third-order valence-electron chi connectivity index (χ3n) is 3.32. The average molecular weight is 288 g/mol. The number of hydrogen-bond donors (Lipinski definition) is 3. The van der Waals surface area contributed by atoms with Gasteiger partial charge in [-0.15, -0.1) is 0 Å². The number of primary amides is 1. The topological polar surface area (TPSA) is 109 Å². The Bertz CT molecular complexity index is 356. The van der Waals surface area contributed by atoms with E-state index in [1.807, 2.05) is 0 Å². The highest BCUT2D eigenvalue weighted by Gasteiger charge is 2.39. The van der Waals surface area contributed by atoms with Crippen molar-refractivity contribution in [3.63, 3.8) is 0 Å². The third-order valence-corrected chi connectivity index (χ3v) is 4.30. The van der Waals surface area contributed by atoms with Crippen molar-refractivity contribution < 1.29 is 19.5 Å². The maximum atomic E-state index is 11.6. The summed E-state index contributed by atoms with van der Waals surface area (Å²) in [5, 5.41) is 11.6. The minimum atomic E-state index is -0.814. The standard InChI is InChI=1S/C12H20N2O4S/c13-9(15)7-19-5-2-10(16)14-8-12(3-1-4-12)6-11(17)18/h1-8H2,(H2,13,15)(H,14,16)(H,17,18). The largest absolute Gasteiger partial charge is 0.481 e. The molecule has 2 amide bonds. The van der Waals surface area contributed by atoms with E-state index in [1.165, 1.54) is 11.8 Å². The van der Waals surface area contributed by atoms with E-state index in [2.05, 4.69) is 5.32 Å². The van der Waals surface area contributed by atoms with Crippen LogP contribution in [-0.2, 0) is 14.4 Å². The minimum absolute atomic E-state index is 0.103. The number of carbonyl (C=O) groups excluding carboxylic acids is 2. The van der Waals surface area contributed by atoms with Gasteiger partial charge in [0.05, 0.1) is 12.2 Å². The zero-order valence-corrected chi connectivity index (χ0v) is 11.6. The zero-order valence-electron chi connectivity index (χ0n) is 10.8. The van der Waals surface area contributed by atoms with Crippen molar-refractivity contribution >= 4 is 29.5 Å². The first kappa shape index (κ1) is 15.8. The molecule has 1 aliphatic carbocycles. The molecule has 1 saturated carbocycles. The van der Waals surface area contributed by atoms with Crippen LogP contribution in [0.3, 0.4) is 0 Å². The number of nitrogens with two attached hydrogens (primary N) is 1. The predicted octanol–water partition coefficient (Wildman–Crippen LogP) is 0.356. The highest BCUT2D eigenvalue weighted by molar-refractivity contribution is 7.99. The van der Waals surface area contributed by atoms with Crippen LogP contribution in [0.4, 0.5) is 0 Å². The first-order chi connectivity index (χ1) is 8.93. The molecule has 7 heteroatoms. The second-order valence-electron chi connectivity index (χ2n) is 4.97. The van der Waals surface area contributed by atoms with E-state index in [0.717, 1.165) is 19.3 Å². The Balaban J connectivity index is 2.18. The molecule has 0 aromatic rings. The van der Waals surface area contributed by atoms with E-state index in [-0.39, 0.29) is 29.4 Å². The van der Waals surface area contributed by atoms with Crippen LogP contribution in [0.5, 0.6) is 0 Å². The van der Waals surface area contributed by atoms with Crippen molar-refractivity contribution in [2.45, 2.75) is 32.1 Å². The van der Waals surface area contributed by atoms with E-state index < -0.39 is 5.97 Å². The highest BCUT2D eigenvalue weighted by Crippen LogP contribution is 2.43. The molecule has 1 fully saturated rings. The van der Waals surface area contributed by atoms with Gasteiger partial charge in [0.1, 0.15) is 0 Å². The summed E-state index contributed by atoms with van der Waals surface area (Å²) in [6.45, 7) is 0.429. The molecule has 6 nitrogen and oxygen atoms in total. The molecule has 0 saturated heterocycles. The van der Waals surface area contributed by atoms with E-state index in [9.17, 15) is 14.4 Å². The number of aliphatic carboxylic acids is 1. The fraction of sp³-hybridized carbons (Fsp3) is 0.750. The number of carbonyl (C=O) groups is 3. The number of thioether (sulfide) groups is 1. The number of nitrogens with one attached hydrogen (secondary N) is 1. The molecule has 4 N–H and O–H groups in total. The molecule has 0 aliphatic heterocycles. The van der Waals surface area contributed by atoms with Crippen LogP contribution < -0.4 is 11.1 Å². The lowest BCUT2D eigenvalue weighted by Gasteiger charge is -2.40. The first-order valence-electron chi connectivity index (χ1n) is 6.28. The Morgan fingerprint density at radius 1 is 1.32 bits per heavy atom. The summed E-state index contributed by atoms with van der Waals surface area (Å²) < 4.78 is 0. The number of amides is 2. The van der Waals surface area contributed by atoms with Gasteiger partial charge in [-0.05, 0) is 18.3 Å². The maximum Gasteiger partial charge on any atom is 0.303 e. The molecule has 0 bridgehead atoms. The average Bonchev–Trinajstić information content (AvgIpc) is 2.27. The molecule has 1 rings (SSSR count). The van der Waals surface area contributed by atoms with Gasteiger partial charge in [0.15, 0.2) is 0 Å². The lowest BCUT2D eigenvalue weighted by Crippen LogP contribution is -2.43. The van der Waals surface area contributed by atoms with Crippen LogP contribution in [0, 0.1) is 5.41 Å². The summed E-state index contributed by atoms with van der Waals surface area (Å²) in [6, 6.07) is 0. The first-order valence-corrected chi connectivity index (χ1v) is 7.44. The molecule has 0 unspecified atom stereocenters. The second kappa shape index (κ2) is 7.37. The van der Waals surface area contributed by atoms with Crippen molar-refractivity contribution in [2.24, 2.45) is 11.1 Å². The van der Waals surface area contributed by atoms with Crippen molar-refractivity contribution in [3.8, 4) is 0 Å². The Hall–Kier alpha value is -1.24. The smallest absolute Gasteiger partial charge is 0.303 e. The third kappa shape index (κ3) is 5.96. The van der Waals surface area contributed by atoms with Crippen LogP contribution in [0.25, 0.3) is 0 Å². The van der Waals surface area contributed by atoms with Crippen molar-refractivity contribution in [1.82, 2.24) is 5.32 Å². The Morgan fingerprint density at radius 2 is 2.00 bits per heavy atom. The number of rotatable bonds is 9. The summed E-state index contributed by atoms with van der Waals surface area (Å²) >= 11 is 1.32. The van der Waals surface area contributed by atoms with Gasteiger partial charge in [-0.2, -0.15) is 11.8 Å². The SMILES string of the molecule is NC(=O)CSCCC(=O)NCC1(CC(=O)O)CCC1. The Kier molecular flexibility index (Phi) is 6.14. The molecule has 0 heterocycles. The molecule has 0 radical (unpaired) electrons. The summed E-state index contributed by atoms with van der Waals surface area (Å²) in [5.74, 6) is -0.545. The van der Waals surface area contributed by atoms with E-state index in [0.29, 0.717) is 18.7 Å². The molecule has 0 atom stereocenters. The van der Waals surface area contributed by atoms with Gasteiger partial charge >= 0.3 is 5.97 Å². The molecular formula is C12H20N2O4S. The van der Waals surface area contributed by atoms with Crippen molar-refractivity contribution in [1.29, 1.82) is 0 Å². The van der Waals surface area contributed by atoms with Gasteiger partial charge in [0.25, 0.3) is 0 Å². The summed E-state index contributed by atoms with van der Waals surface area (Å²) in [4.78, 5) is 32.8. The summed E-state index contributed by atoms with van der Waals surface area (Å²) in [7, 11) is 0. The maximum absolute atomic E-state index is 11.6. The molecule has 19 heavy (non-hydrogen) atoms. The Morgan fingerprint density at radius 3 is 2.47 bits per heavy atom. The molecular weight excluding hydrogens is 268 g/mol. The predicted molar refractivity (Wildman–Crippen MR) is 72.7 cm³/mol. The van der Waals surface area contributed by atoms with Gasteiger partial charge in [-0.25, -0.2) is 0 Å². The normalized spacial score (nSPS) is 16.4. The van der Waals surface area contributed by atoms with Gasteiger partial charge in [-0.3, -0.25) is 14.4 Å². The summed E-state index contributed by atoms with van der Waals surface area (Å²) in [5.41, 5.74) is 4.73. The van der Waals surface area contributed by atoms with Crippen LogP contribution in [0.15, 0.2) is 0 Å². The van der Waals surface area contributed by atoms with Crippen LogP contribution in [-0.4, -0.2) is 40.9 Å². The Labute approximate surface area is 116 Å². The van der Waals surface area contributed by atoms with E-state index >= 15 is 0 Å². The van der Waals surface area contributed by atoms with Gasteiger partial charge in [0.2, 0.25) is 11.8 Å². The van der Waals surface area contributed by atoms with Crippen LogP contribution >= 0.6 is 11.8 Å². The van der Waals surface area contributed by atoms with Gasteiger partial charge in [0, 0.05) is 18.7 Å².